The van der Waals surface area contributed by atoms with Crippen molar-refractivity contribution in [2.24, 2.45) is 5.73 Å². The Balaban J connectivity index is 1.55. The third kappa shape index (κ3) is 3.06. The lowest BCUT2D eigenvalue weighted by molar-refractivity contribution is -0.134. The van der Waals surface area contributed by atoms with Crippen molar-refractivity contribution in [3.05, 3.63) is 65.2 Å². The summed E-state index contributed by atoms with van der Waals surface area (Å²) in [5.74, 6) is 0.700. The monoisotopic (exact) mass is 282 g/mol. The van der Waals surface area contributed by atoms with Gasteiger partial charge in [0.1, 0.15) is 5.75 Å². The van der Waals surface area contributed by atoms with Crippen LogP contribution >= 0.6 is 0 Å². The Hall–Kier alpha value is -2.33. The SMILES string of the molecule is NCc1ccc(OCC(=O)N2Cc3ccccc3C2)cc1. The zero-order chi connectivity index (χ0) is 14.7. The summed E-state index contributed by atoms with van der Waals surface area (Å²) in [6, 6.07) is 15.6. The number of fused-ring (bicyclic) bond motifs is 1. The number of carbonyl (C=O) groups is 1. The van der Waals surface area contributed by atoms with Crippen LogP contribution in [0.1, 0.15) is 16.7 Å². The lowest BCUT2D eigenvalue weighted by Crippen LogP contribution is -2.30. The van der Waals surface area contributed by atoms with Crippen LogP contribution in [0.3, 0.4) is 0 Å². The normalized spacial score (nSPS) is 13.1. The highest BCUT2D eigenvalue weighted by molar-refractivity contribution is 5.78. The molecule has 2 N–H and O–H groups in total. The second-order valence-electron chi connectivity index (χ2n) is 5.16. The molecule has 0 radical (unpaired) electrons. The van der Waals surface area contributed by atoms with Gasteiger partial charge in [0, 0.05) is 19.6 Å². The van der Waals surface area contributed by atoms with Crippen LogP contribution in [0.25, 0.3) is 0 Å². The van der Waals surface area contributed by atoms with Crippen LogP contribution in [0.5, 0.6) is 5.75 Å². The predicted molar refractivity (Wildman–Crippen MR) is 80.5 cm³/mol. The van der Waals surface area contributed by atoms with Gasteiger partial charge in [0.05, 0.1) is 0 Å². The molecule has 0 saturated heterocycles. The smallest absolute Gasteiger partial charge is 0.261 e. The minimum absolute atomic E-state index is 0.00843. The summed E-state index contributed by atoms with van der Waals surface area (Å²) in [7, 11) is 0. The van der Waals surface area contributed by atoms with E-state index in [9.17, 15) is 4.79 Å². The summed E-state index contributed by atoms with van der Waals surface area (Å²) in [5, 5.41) is 0. The Bertz CT molecular complexity index is 612. The van der Waals surface area contributed by atoms with Gasteiger partial charge in [-0.25, -0.2) is 0 Å². The Morgan fingerprint density at radius 1 is 1.05 bits per heavy atom. The van der Waals surface area contributed by atoms with Gasteiger partial charge in [-0.1, -0.05) is 36.4 Å². The summed E-state index contributed by atoms with van der Waals surface area (Å²) in [5.41, 5.74) is 9.03. The summed E-state index contributed by atoms with van der Waals surface area (Å²) < 4.78 is 5.55. The predicted octanol–water partition coefficient (Wildman–Crippen LogP) is 2.07. The molecule has 0 spiro atoms. The molecule has 0 aromatic heterocycles. The van der Waals surface area contributed by atoms with Gasteiger partial charge < -0.3 is 15.4 Å². The molecule has 0 atom stereocenters. The molecular weight excluding hydrogens is 264 g/mol. The molecular formula is C17H18N2O2. The van der Waals surface area contributed by atoms with E-state index in [1.807, 2.05) is 41.3 Å². The number of amides is 1. The molecule has 0 unspecified atom stereocenters. The van der Waals surface area contributed by atoms with Crippen molar-refractivity contribution in [2.75, 3.05) is 6.61 Å². The highest BCUT2D eigenvalue weighted by Crippen LogP contribution is 2.22. The van der Waals surface area contributed by atoms with Crippen LogP contribution in [0.4, 0.5) is 0 Å². The van der Waals surface area contributed by atoms with Crippen molar-refractivity contribution < 1.29 is 9.53 Å². The third-order valence-corrected chi connectivity index (χ3v) is 3.71. The van der Waals surface area contributed by atoms with Crippen molar-refractivity contribution in [3.8, 4) is 5.75 Å². The van der Waals surface area contributed by atoms with Gasteiger partial charge >= 0.3 is 0 Å². The standard InChI is InChI=1S/C17H18N2O2/c18-9-13-5-7-16(8-6-13)21-12-17(20)19-10-14-3-1-2-4-15(14)11-19/h1-8H,9-12,18H2. The Morgan fingerprint density at radius 2 is 1.67 bits per heavy atom. The van der Waals surface area contributed by atoms with Crippen LogP contribution in [0.15, 0.2) is 48.5 Å². The number of benzene rings is 2. The Morgan fingerprint density at radius 3 is 2.24 bits per heavy atom. The zero-order valence-corrected chi connectivity index (χ0v) is 11.8. The number of hydrogen-bond donors (Lipinski definition) is 1. The van der Waals surface area contributed by atoms with Gasteiger partial charge in [0.2, 0.25) is 0 Å². The van der Waals surface area contributed by atoms with Crippen molar-refractivity contribution in [1.29, 1.82) is 0 Å². The molecule has 0 saturated carbocycles. The van der Waals surface area contributed by atoms with Gasteiger partial charge in [-0.3, -0.25) is 4.79 Å². The number of nitrogens with zero attached hydrogens (tertiary/aromatic N) is 1. The second kappa shape index (κ2) is 5.97. The molecule has 0 aliphatic carbocycles. The molecule has 0 bridgehead atoms. The van der Waals surface area contributed by atoms with Gasteiger partial charge in [0.15, 0.2) is 6.61 Å². The maximum Gasteiger partial charge on any atom is 0.261 e. The van der Waals surface area contributed by atoms with Crippen LogP contribution in [0.2, 0.25) is 0 Å². The van der Waals surface area contributed by atoms with E-state index < -0.39 is 0 Å². The van der Waals surface area contributed by atoms with Gasteiger partial charge in [-0.2, -0.15) is 0 Å². The van der Waals surface area contributed by atoms with Crippen LogP contribution in [-0.4, -0.2) is 17.4 Å². The quantitative estimate of drug-likeness (QED) is 0.934. The topological polar surface area (TPSA) is 55.6 Å². The lowest BCUT2D eigenvalue weighted by Gasteiger charge is -2.15. The first kappa shape index (κ1) is 13.6. The minimum atomic E-state index is 0.00843. The van der Waals surface area contributed by atoms with Crippen LogP contribution < -0.4 is 10.5 Å². The molecule has 4 heteroatoms. The maximum atomic E-state index is 12.2. The molecule has 3 rings (SSSR count). The molecule has 0 fully saturated rings. The zero-order valence-electron chi connectivity index (χ0n) is 11.8. The van der Waals surface area contributed by atoms with E-state index in [1.165, 1.54) is 11.1 Å². The van der Waals surface area contributed by atoms with E-state index in [0.717, 1.165) is 5.56 Å². The van der Waals surface area contributed by atoms with Gasteiger partial charge in [-0.05, 0) is 28.8 Å². The van der Waals surface area contributed by atoms with Crippen molar-refractivity contribution >= 4 is 5.91 Å². The van der Waals surface area contributed by atoms with E-state index in [2.05, 4.69) is 12.1 Å². The Kier molecular flexibility index (Phi) is 3.88. The Labute approximate surface area is 124 Å². The largest absolute Gasteiger partial charge is 0.484 e. The first-order chi connectivity index (χ1) is 10.3. The molecule has 1 heterocycles. The minimum Gasteiger partial charge on any atom is -0.484 e. The number of rotatable bonds is 4. The third-order valence-electron chi connectivity index (χ3n) is 3.71. The maximum absolute atomic E-state index is 12.2. The fraction of sp³-hybridized carbons (Fsp3) is 0.235. The average Bonchev–Trinajstić information content (AvgIpc) is 2.97. The first-order valence-electron chi connectivity index (χ1n) is 7.02. The van der Waals surface area contributed by atoms with Crippen molar-refractivity contribution in [2.45, 2.75) is 19.6 Å². The molecule has 21 heavy (non-hydrogen) atoms. The summed E-state index contributed by atoms with van der Waals surface area (Å²) in [4.78, 5) is 14.0. The number of ether oxygens (including phenoxy) is 1. The highest BCUT2D eigenvalue weighted by Gasteiger charge is 2.22. The number of nitrogens with two attached hydrogens (primary N) is 1. The fourth-order valence-electron chi connectivity index (χ4n) is 2.47. The molecule has 2 aromatic carbocycles. The summed E-state index contributed by atoms with van der Waals surface area (Å²) in [6.07, 6.45) is 0. The van der Waals surface area contributed by atoms with Crippen molar-refractivity contribution in [3.63, 3.8) is 0 Å². The van der Waals surface area contributed by atoms with E-state index in [0.29, 0.717) is 25.4 Å². The fourth-order valence-corrected chi connectivity index (χ4v) is 2.47. The summed E-state index contributed by atoms with van der Waals surface area (Å²) >= 11 is 0. The highest BCUT2D eigenvalue weighted by atomic mass is 16.5. The van der Waals surface area contributed by atoms with Gasteiger partial charge in [-0.15, -0.1) is 0 Å². The van der Waals surface area contributed by atoms with Crippen molar-refractivity contribution in [1.82, 2.24) is 4.90 Å². The van der Waals surface area contributed by atoms with E-state index in [4.69, 9.17) is 10.5 Å². The van der Waals surface area contributed by atoms with Crippen LogP contribution in [-0.2, 0) is 24.4 Å². The number of carbonyl (C=O) groups excluding carboxylic acids is 1. The molecule has 2 aromatic rings. The molecule has 108 valence electrons. The summed E-state index contributed by atoms with van der Waals surface area (Å²) in [6.45, 7) is 1.91. The molecule has 1 aliphatic rings. The molecule has 1 aliphatic heterocycles. The van der Waals surface area contributed by atoms with Gasteiger partial charge in [0.25, 0.3) is 5.91 Å². The molecule has 4 nitrogen and oxygen atoms in total. The van der Waals surface area contributed by atoms with E-state index in [-0.39, 0.29) is 12.5 Å². The number of hydrogen-bond acceptors (Lipinski definition) is 3. The molecule has 1 amide bonds. The van der Waals surface area contributed by atoms with E-state index >= 15 is 0 Å². The average molecular weight is 282 g/mol. The van der Waals surface area contributed by atoms with Crippen LogP contribution in [0, 0.1) is 0 Å². The van der Waals surface area contributed by atoms with E-state index in [1.54, 1.807) is 0 Å². The lowest BCUT2D eigenvalue weighted by atomic mass is 10.1. The second-order valence-corrected chi connectivity index (χ2v) is 5.16. The first-order valence-corrected chi connectivity index (χ1v) is 7.02.